The molecular weight excluding hydrogens is 188 g/mol. The van der Waals surface area contributed by atoms with E-state index in [1.165, 1.54) is 0 Å². The lowest BCUT2D eigenvalue weighted by Crippen LogP contribution is -2.13. The topological polar surface area (TPSA) is 47.5 Å². The van der Waals surface area contributed by atoms with Crippen molar-refractivity contribution in [1.29, 1.82) is 0 Å². The van der Waals surface area contributed by atoms with Gasteiger partial charge >= 0.3 is 0 Å². The first kappa shape index (κ1) is 9.61. The molecule has 13 heavy (non-hydrogen) atoms. The number of pyridine rings is 1. The number of halogens is 1. The predicted octanol–water partition coefficient (Wildman–Crippen LogP) is 1.46. The molecular formula is C9H9ClN2O. The summed E-state index contributed by atoms with van der Waals surface area (Å²) in [5.41, 5.74) is 6.66. The van der Waals surface area contributed by atoms with E-state index in [1.54, 1.807) is 10.5 Å². The van der Waals surface area contributed by atoms with Gasteiger partial charge in [0.2, 0.25) is 0 Å². The van der Waals surface area contributed by atoms with Crippen LogP contribution < -0.4 is 5.73 Å². The minimum absolute atomic E-state index is 0. The SMILES string of the molecule is Cl.NC(=O)c1ccc2ccccn12. The van der Waals surface area contributed by atoms with Crippen molar-refractivity contribution < 1.29 is 4.79 Å². The summed E-state index contributed by atoms with van der Waals surface area (Å²) in [5, 5.41) is 0. The molecule has 0 bridgehead atoms. The predicted molar refractivity (Wildman–Crippen MR) is 53.2 cm³/mol. The average molecular weight is 197 g/mol. The molecule has 2 N–H and O–H groups in total. The fourth-order valence-electron chi connectivity index (χ4n) is 1.26. The number of aromatic nitrogens is 1. The summed E-state index contributed by atoms with van der Waals surface area (Å²) in [6.07, 6.45) is 1.81. The lowest BCUT2D eigenvalue weighted by molar-refractivity contribution is 0.0995. The molecule has 0 unspecified atom stereocenters. The van der Waals surface area contributed by atoms with Gasteiger partial charge in [-0.1, -0.05) is 6.07 Å². The fraction of sp³-hybridized carbons (Fsp3) is 0. The number of fused-ring (bicyclic) bond motifs is 1. The average Bonchev–Trinajstić information content (AvgIpc) is 2.47. The highest BCUT2D eigenvalue weighted by Gasteiger charge is 2.04. The Morgan fingerprint density at radius 1 is 1.23 bits per heavy atom. The first-order chi connectivity index (χ1) is 5.79. The van der Waals surface area contributed by atoms with Crippen LogP contribution in [0.5, 0.6) is 0 Å². The van der Waals surface area contributed by atoms with E-state index in [0.717, 1.165) is 5.52 Å². The Hall–Kier alpha value is -1.48. The van der Waals surface area contributed by atoms with Gasteiger partial charge in [-0.05, 0) is 24.3 Å². The summed E-state index contributed by atoms with van der Waals surface area (Å²) < 4.78 is 1.77. The summed E-state index contributed by atoms with van der Waals surface area (Å²) in [5.74, 6) is -0.402. The van der Waals surface area contributed by atoms with Gasteiger partial charge in [0.25, 0.3) is 5.91 Å². The zero-order valence-corrected chi connectivity index (χ0v) is 7.62. The molecule has 68 valence electrons. The van der Waals surface area contributed by atoms with Gasteiger partial charge in [-0.2, -0.15) is 0 Å². The van der Waals surface area contributed by atoms with Crippen molar-refractivity contribution in [3.8, 4) is 0 Å². The van der Waals surface area contributed by atoms with Gasteiger partial charge in [-0.25, -0.2) is 0 Å². The number of rotatable bonds is 1. The first-order valence-electron chi connectivity index (χ1n) is 3.65. The second-order valence-corrected chi connectivity index (χ2v) is 2.58. The highest BCUT2D eigenvalue weighted by Crippen LogP contribution is 2.08. The van der Waals surface area contributed by atoms with E-state index in [4.69, 9.17) is 5.73 Å². The minimum atomic E-state index is -0.402. The Morgan fingerprint density at radius 3 is 2.69 bits per heavy atom. The zero-order valence-electron chi connectivity index (χ0n) is 6.81. The number of amides is 1. The van der Waals surface area contributed by atoms with Crippen LogP contribution in [0, 0.1) is 0 Å². The molecule has 0 aliphatic carbocycles. The van der Waals surface area contributed by atoms with E-state index in [0.29, 0.717) is 5.69 Å². The van der Waals surface area contributed by atoms with Crippen LogP contribution >= 0.6 is 12.4 Å². The molecule has 0 aliphatic heterocycles. The van der Waals surface area contributed by atoms with Crippen LogP contribution in [0.1, 0.15) is 10.5 Å². The molecule has 0 radical (unpaired) electrons. The number of carbonyl (C=O) groups excluding carboxylic acids is 1. The molecule has 0 saturated carbocycles. The number of hydrogen-bond donors (Lipinski definition) is 1. The third kappa shape index (κ3) is 1.51. The summed E-state index contributed by atoms with van der Waals surface area (Å²) >= 11 is 0. The first-order valence-corrected chi connectivity index (χ1v) is 3.65. The molecule has 2 heterocycles. The highest BCUT2D eigenvalue weighted by atomic mass is 35.5. The van der Waals surface area contributed by atoms with Crippen LogP contribution in [0.25, 0.3) is 5.52 Å². The Kier molecular flexibility index (Phi) is 2.58. The van der Waals surface area contributed by atoms with E-state index in [2.05, 4.69) is 0 Å². The molecule has 4 heteroatoms. The Labute approximate surface area is 81.6 Å². The smallest absolute Gasteiger partial charge is 0.265 e. The fourth-order valence-corrected chi connectivity index (χ4v) is 1.26. The summed E-state index contributed by atoms with van der Waals surface area (Å²) in [6.45, 7) is 0. The van der Waals surface area contributed by atoms with Crippen LogP contribution in [0.4, 0.5) is 0 Å². The Balaban J connectivity index is 0.000000845. The molecule has 0 fully saturated rings. The quantitative estimate of drug-likeness (QED) is 0.738. The molecule has 2 aromatic rings. The molecule has 3 nitrogen and oxygen atoms in total. The second kappa shape index (κ2) is 3.49. The Morgan fingerprint density at radius 2 is 2.00 bits per heavy atom. The zero-order chi connectivity index (χ0) is 8.55. The Bertz CT molecular complexity index is 436. The number of primary amides is 1. The maximum atomic E-state index is 10.9. The number of nitrogens with zero attached hydrogens (tertiary/aromatic N) is 1. The lowest BCUT2D eigenvalue weighted by atomic mass is 10.4. The normalized spacial score (nSPS) is 9.54. The van der Waals surface area contributed by atoms with Crippen LogP contribution in [0.15, 0.2) is 36.5 Å². The molecule has 1 amide bonds. The van der Waals surface area contributed by atoms with Gasteiger partial charge in [-0.15, -0.1) is 12.4 Å². The molecule has 2 rings (SSSR count). The van der Waals surface area contributed by atoms with Crippen LogP contribution in [-0.4, -0.2) is 10.3 Å². The summed E-state index contributed by atoms with van der Waals surface area (Å²) in [4.78, 5) is 10.9. The molecule has 0 aromatic carbocycles. The second-order valence-electron chi connectivity index (χ2n) is 2.58. The maximum Gasteiger partial charge on any atom is 0.265 e. The lowest BCUT2D eigenvalue weighted by Gasteiger charge is -1.96. The standard InChI is InChI=1S/C9H8N2O.ClH/c10-9(12)8-5-4-7-3-1-2-6-11(7)8;/h1-6H,(H2,10,12);1H. The number of hydrogen-bond acceptors (Lipinski definition) is 1. The third-order valence-electron chi connectivity index (χ3n) is 1.82. The molecule has 0 saturated heterocycles. The van der Waals surface area contributed by atoms with Crippen molar-refractivity contribution in [3.05, 3.63) is 42.2 Å². The van der Waals surface area contributed by atoms with Crippen molar-refractivity contribution in [1.82, 2.24) is 4.40 Å². The van der Waals surface area contributed by atoms with E-state index < -0.39 is 5.91 Å². The van der Waals surface area contributed by atoms with Crippen molar-refractivity contribution in [2.75, 3.05) is 0 Å². The van der Waals surface area contributed by atoms with E-state index in [1.807, 2.05) is 30.5 Å². The van der Waals surface area contributed by atoms with Gasteiger partial charge in [0.15, 0.2) is 0 Å². The van der Waals surface area contributed by atoms with Crippen molar-refractivity contribution in [3.63, 3.8) is 0 Å². The molecule has 2 aromatic heterocycles. The largest absolute Gasteiger partial charge is 0.364 e. The van der Waals surface area contributed by atoms with Crippen LogP contribution in [-0.2, 0) is 0 Å². The van der Waals surface area contributed by atoms with Crippen LogP contribution in [0.2, 0.25) is 0 Å². The van der Waals surface area contributed by atoms with Crippen molar-refractivity contribution in [2.24, 2.45) is 5.73 Å². The summed E-state index contributed by atoms with van der Waals surface area (Å²) in [6, 6.07) is 9.28. The molecule has 0 aliphatic rings. The van der Waals surface area contributed by atoms with Gasteiger partial charge in [0.05, 0.1) is 0 Å². The van der Waals surface area contributed by atoms with Crippen LogP contribution in [0.3, 0.4) is 0 Å². The number of carbonyl (C=O) groups is 1. The monoisotopic (exact) mass is 196 g/mol. The van der Waals surface area contributed by atoms with Gasteiger partial charge in [0, 0.05) is 11.7 Å². The molecule has 0 spiro atoms. The van der Waals surface area contributed by atoms with Gasteiger partial charge in [-0.3, -0.25) is 4.79 Å². The van der Waals surface area contributed by atoms with E-state index >= 15 is 0 Å². The van der Waals surface area contributed by atoms with Gasteiger partial charge < -0.3 is 10.1 Å². The van der Waals surface area contributed by atoms with E-state index in [9.17, 15) is 4.79 Å². The molecule has 0 atom stereocenters. The van der Waals surface area contributed by atoms with E-state index in [-0.39, 0.29) is 12.4 Å². The third-order valence-corrected chi connectivity index (χ3v) is 1.82. The minimum Gasteiger partial charge on any atom is -0.364 e. The van der Waals surface area contributed by atoms with Crippen molar-refractivity contribution >= 4 is 23.8 Å². The number of nitrogens with two attached hydrogens (primary N) is 1. The van der Waals surface area contributed by atoms with Gasteiger partial charge in [0.1, 0.15) is 5.69 Å². The maximum absolute atomic E-state index is 10.9. The summed E-state index contributed by atoms with van der Waals surface area (Å²) in [7, 11) is 0. The van der Waals surface area contributed by atoms with Crippen molar-refractivity contribution in [2.45, 2.75) is 0 Å². The highest BCUT2D eigenvalue weighted by molar-refractivity contribution is 5.92.